The molecule has 4 rings (SSSR count). The molecule has 1 aromatic heterocycles. The Balaban J connectivity index is 1.38. The van der Waals surface area contributed by atoms with Crippen LogP contribution in [-0.2, 0) is 27.3 Å². The first-order valence-corrected chi connectivity index (χ1v) is 10.4. The van der Waals surface area contributed by atoms with Gasteiger partial charge in [0.25, 0.3) is 5.91 Å². The molecule has 1 aliphatic heterocycles. The number of H-pyrrole nitrogens is 1. The molecule has 0 radical (unpaired) electrons. The van der Waals surface area contributed by atoms with Crippen LogP contribution in [0.25, 0.3) is 10.9 Å². The van der Waals surface area contributed by atoms with Gasteiger partial charge < -0.3 is 15.6 Å². The number of imide groups is 1. The third-order valence-electron chi connectivity index (χ3n) is 5.54. The van der Waals surface area contributed by atoms with Crippen molar-refractivity contribution < 1.29 is 19.2 Å². The summed E-state index contributed by atoms with van der Waals surface area (Å²) >= 11 is 0. The molecular formula is C24H21N5O4. The highest BCUT2D eigenvalue weighted by atomic mass is 16.2. The first-order valence-electron chi connectivity index (χ1n) is 10.4. The summed E-state index contributed by atoms with van der Waals surface area (Å²) in [6, 6.07) is 16.7. The minimum absolute atomic E-state index is 0.154. The van der Waals surface area contributed by atoms with Gasteiger partial charge in [0.1, 0.15) is 6.04 Å². The molecular weight excluding hydrogens is 422 g/mol. The van der Waals surface area contributed by atoms with Gasteiger partial charge in [-0.2, -0.15) is 5.26 Å². The van der Waals surface area contributed by atoms with Gasteiger partial charge in [0.15, 0.2) is 11.7 Å². The maximum atomic E-state index is 12.8. The van der Waals surface area contributed by atoms with Crippen LogP contribution in [0.1, 0.15) is 11.1 Å². The average Bonchev–Trinajstić information content (AvgIpc) is 3.35. The van der Waals surface area contributed by atoms with Gasteiger partial charge in [-0.05, 0) is 17.2 Å². The Hall–Kier alpha value is -4.45. The zero-order valence-electron chi connectivity index (χ0n) is 17.6. The van der Waals surface area contributed by atoms with E-state index in [-0.39, 0.29) is 13.0 Å². The first kappa shape index (κ1) is 21.8. The Kier molecular flexibility index (Phi) is 6.17. The van der Waals surface area contributed by atoms with Gasteiger partial charge in [0.05, 0.1) is 12.6 Å². The fourth-order valence-corrected chi connectivity index (χ4v) is 3.80. The fraction of sp³-hybridized carbons (Fsp3) is 0.208. The number of urea groups is 1. The van der Waals surface area contributed by atoms with E-state index < -0.39 is 42.1 Å². The number of rotatable bonds is 8. The molecule has 33 heavy (non-hydrogen) atoms. The lowest BCUT2D eigenvalue weighted by Crippen LogP contribution is -2.42. The van der Waals surface area contributed by atoms with Crippen molar-refractivity contribution in [2.75, 3.05) is 6.54 Å². The molecule has 2 atom stereocenters. The van der Waals surface area contributed by atoms with Crippen molar-refractivity contribution in [2.45, 2.75) is 19.0 Å². The van der Waals surface area contributed by atoms with E-state index >= 15 is 0 Å². The third kappa shape index (κ3) is 4.60. The second kappa shape index (κ2) is 9.36. The monoisotopic (exact) mass is 443 g/mol. The van der Waals surface area contributed by atoms with E-state index in [0.29, 0.717) is 0 Å². The minimum Gasteiger partial charge on any atom is -0.361 e. The lowest BCUT2D eigenvalue weighted by molar-refractivity contribution is -0.136. The molecule has 166 valence electrons. The quantitative estimate of drug-likeness (QED) is 0.359. The fourth-order valence-electron chi connectivity index (χ4n) is 3.80. The predicted octanol–water partition coefficient (Wildman–Crippen LogP) is 1.66. The molecule has 0 saturated carbocycles. The van der Waals surface area contributed by atoms with Crippen molar-refractivity contribution >= 4 is 34.5 Å². The Morgan fingerprint density at radius 1 is 1.09 bits per heavy atom. The molecule has 9 nitrogen and oxygen atoms in total. The van der Waals surface area contributed by atoms with Crippen LogP contribution in [0.3, 0.4) is 0 Å². The number of para-hydroxylation sites is 1. The molecule has 1 fully saturated rings. The molecule has 2 aromatic carbocycles. The van der Waals surface area contributed by atoms with Gasteiger partial charge in [-0.1, -0.05) is 48.5 Å². The van der Waals surface area contributed by atoms with Crippen LogP contribution >= 0.6 is 0 Å². The molecule has 0 aliphatic carbocycles. The van der Waals surface area contributed by atoms with Gasteiger partial charge in [-0.25, -0.2) is 4.79 Å². The number of nitriles is 1. The summed E-state index contributed by atoms with van der Waals surface area (Å²) in [6.45, 7) is -0.493. The third-order valence-corrected chi connectivity index (χ3v) is 5.54. The molecule has 1 saturated heterocycles. The van der Waals surface area contributed by atoms with E-state index in [0.717, 1.165) is 26.9 Å². The Bertz CT molecular complexity index is 1260. The summed E-state index contributed by atoms with van der Waals surface area (Å²) in [7, 11) is 0. The lowest BCUT2D eigenvalue weighted by atomic mass is 10.0. The van der Waals surface area contributed by atoms with Crippen LogP contribution in [0.5, 0.6) is 0 Å². The van der Waals surface area contributed by atoms with E-state index in [9.17, 15) is 24.4 Å². The number of hydrogen-bond acceptors (Lipinski definition) is 5. The summed E-state index contributed by atoms with van der Waals surface area (Å²) in [5.74, 6) is -3.78. The zero-order valence-corrected chi connectivity index (χ0v) is 17.6. The number of aromatic nitrogens is 1. The first-order chi connectivity index (χ1) is 16.0. The van der Waals surface area contributed by atoms with Crippen molar-refractivity contribution in [3.63, 3.8) is 0 Å². The van der Waals surface area contributed by atoms with Crippen LogP contribution in [0.2, 0.25) is 0 Å². The van der Waals surface area contributed by atoms with E-state index in [1.807, 2.05) is 30.3 Å². The summed E-state index contributed by atoms with van der Waals surface area (Å²) in [5.41, 5.74) is 2.58. The highest BCUT2D eigenvalue weighted by Gasteiger charge is 2.41. The summed E-state index contributed by atoms with van der Waals surface area (Å²) in [4.78, 5) is 54.0. The number of benzene rings is 2. The molecule has 1 aliphatic rings. The van der Waals surface area contributed by atoms with Gasteiger partial charge in [-0.3, -0.25) is 19.3 Å². The second-order valence-corrected chi connectivity index (χ2v) is 7.72. The highest BCUT2D eigenvalue weighted by Crippen LogP contribution is 2.21. The molecule has 2 heterocycles. The molecule has 0 spiro atoms. The number of hydrogen-bond donors (Lipinski definition) is 3. The molecule has 0 unspecified atom stereocenters. The minimum atomic E-state index is -1.62. The number of nitrogens with zero attached hydrogens (tertiary/aromatic N) is 2. The van der Waals surface area contributed by atoms with Gasteiger partial charge >= 0.3 is 6.03 Å². The summed E-state index contributed by atoms with van der Waals surface area (Å²) in [6.07, 6.45) is 2.03. The largest absolute Gasteiger partial charge is 0.361 e. The number of ketones is 1. The summed E-state index contributed by atoms with van der Waals surface area (Å²) < 4.78 is 0. The number of carbonyl (C=O) groups excluding carboxylic acids is 4. The molecule has 3 N–H and O–H groups in total. The van der Waals surface area contributed by atoms with Crippen molar-refractivity contribution in [1.29, 1.82) is 5.26 Å². The smallest absolute Gasteiger partial charge is 0.325 e. The second-order valence-electron chi connectivity index (χ2n) is 7.72. The maximum Gasteiger partial charge on any atom is 0.325 e. The number of amides is 4. The topological polar surface area (TPSA) is 135 Å². The van der Waals surface area contributed by atoms with Gasteiger partial charge in [-0.15, -0.1) is 0 Å². The van der Waals surface area contributed by atoms with Crippen LogP contribution in [-0.4, -0.2) is 46.1 Å². The number of nitrogens with one attached hydrogen (secondary N) is 3. The number of Topliss-reactive ketones (excluding diaryl/α,β-unsaturated/α-hetero) is 1. The predicted molar refractivity (Wildman–Crippen MR) is 118 cm³/mol. The van der Waals surface area contributed by atoms with Crippen LogP contribution in [0.15, 0.2) is 60.8 Å². The number of aromatic amines is 1. The van der Waals surface area contributed by atoms with Crippen LogP contribution in [0.4, 0.5) is 4.79 Å². The highest BCUT2D eigenvalue weighted by molar-refractivity contribution is 6.10. The van der Waals surface area contributed by atoms with Crippen molar-refractivity contribution in [1.82, 2.24) is 20.5 Å². The molecule has 9 heteroatoms. The van der Waals surface area contributed by atoms with E-state index in [1.54, 1.807) is 36.5 Å². The van der Waals surface area contributed by atoms with E-state index in [4.69, 9.17) is 0 Å². The average molecular weight is 443 g/mol. The lowest BCUT2D eigenvalue weighted by Gasteiger charge is -2.15. The van der Waals surface area contributed by atoms with Crippen molar-refractivity contribution in [3.8, 4) is 6.07 Å². The van der Waals surface area contributed by atoms with Crippen molar-refractivity contribution in [2.24, 2.45) is 5.92 Å². The molecule has 3 aromatic rings. The van der Waals surface area contributed by atoms with Crippen LogP contribution in [0, 0.1) is 17.2 Å². The molecule has 0 bridgehead atoms. The van der Waals surface area contributed by atoms with Crippen molar-refractivity contribution in [3.05, 3.63) is 71.9 Å². The van der Waals surface area contributed by atoms with Crippen LogP contribution < -0.4 is 10.6 Å². The Labute approximate surface area is 189 Å². The SMILES string of the molecule is N#C[C@H](C(=O)CN1C(=O)N[C@H](Cc2c[nH]c3ccccc23)C1=O)C(=O)NCc1ccccc1. The van der Waals surface area contributed by atoms with Gasteiger partial charge in [0, 0.05) is 30.1 Å². The standard InChI is InChI=1S/C24H21N5O4/c25-11-18(22(31)27-12-15-6-2-1-3-7-15)21(30)14-29-23(32)20(28-24(29)33)10-16-13-26-19-9-5-4-8-17(16)19/h1-9,13,18,20,26H,10,12,14H2,(H,27,31)(H,28,33)/t18-,20-/m1/s1. The molecule has 4 amide bonds. The maximum absolute atomic E-state index is 12.8. The Morgan fingerprint density at radius 3 is 2.58 bits per heavy atom. The van der Waals surface area contributed by atoms with E-state index in [2.05, 4.69) is 15.6 Å². The van der Waals surface area contributed by atoms with Gasteiger partial charge in [0.2, 0.25) is 5.91 Å². The number of fused-ring (bicyclic) bond motifs is 1. The zero-order chi connectivity index (χ0) is 23.4. The summed E-state index contributed by atoms with van der Waals surface area (Å²) in [5, 5.41) is 15.4. The van der Waals surface area contributed by atoms with E-state index in [1.165, 1.54) is 0 Å². The number of carbonyl (C=O) groups is 4. The normalized spacial score (nSPS) is 16.3. The Morgan fingerprint density at radius 2 is 1.82 bits per heavy atom.